The lowest BCUT2D eigenvalue weighted by Gasteiger charge is -2.34. The first-order valence-electron chi connectivity index (χ1n) is 15.1. The van der Waals surface area contributed by atoms with Crippen molar-refractivity contribution in [2.24, 2.45) is 17.3 Å². The Balaban J connectivity index is 1.57. The minimum absolute atomic E-state index is 0.0179. The minimum atomic E-state index is -3.29. The van der Waals surface area contributed by atoms with Crippen LogP contribution in [0.1, 0.15) is 71.9 Å². The Bertz CT molecular complexity index is 1380. The van der Waals surface area contributed by atoms with Gasteiger partial charge in [-0.25, -0.2) is 9.78 Å². The predicted octanol–water partition coefficient (Wildman–Crippen LogP) is 5.62. The summed E-state index contributed by atoms with van der Waals surface area (Å²) in [7, 11) is 1.52. The van der Waals surface area contributed by atoms with Crippen LogP contribution in [0.3, 0.4) is 0 Å². The van der Waals surface area contributed by atoms with Crippen LogP contribution < -0.4 is 14.8 Å². The monoisotopic (exact) mass is 601 g/mol. The van der Waals surface area contributed by atoms with E-state index in [4.69, 9.17) is 14.2 Å². The lowest BCUT2D eigenvalue weighted by atomic mass is 9.85. The molecule has 0 spiro atoms. The molecule has 1 saturated carbocycles. The number of benzene rings is 1. The van der Waals surface area contributed by atoms with E-state index < -0.39 is 59.6 Å². The molecule has 0 radical (unpaired) electrons. The standard InChI is InChI=1S/C32H41F2N3O6/c1-6-21-23(17-38)37-16-26(21)42-25-15-19-13-20(41-5)10-11-22(19)35-27(25)32(33,34)12-8-7-9-18-14-24(18)43-30(40)36-28(29(37)39)31(2,3)4/h10-11,13,15,17-18,21,23-24,26,28H,6-9,12,14,16H2,1-5H3,(H,36,40)/t18-,21+,23-,24-,26+,28-/m1/s1. The smallest absolute Gasteiger partial charge is 0.408 e. The maximum Gasteiger partial charge on any atom is 0.408 e. The van der Waals surface area contributed by atoms with Crippen molar-refractivity contribution in [3.05, 3.63) is 30.0 Å². The number of nitrogens with one attached hydrogen (secondary N) is 1. The molecule has 9 nitrogen and oxygen atoms in total. The number of hydrogen-bond donors (Lipinski definition) is 1. The van der Waals surface area contributed by atoms with Gasteiger partial charge in [-0.1, -0.05) is 34.1 Å². The van der Waals surface area contributed by atoms with E-state index in [0.29, 0.717) is 48.6 Å². The van der Waals surface area contributed by atoms with E-state index in [9.17, 15) is 14.4 Å². The summed E-state index contributed by atoms with van der Waals surface area (Å²) in [6.45, 7) is 7.31. The molecule has 1 N–H and O–H groups in total. The summed E-state index contributed by atoms with van der Waals surface area (Å²) in [6, 6.07) is 4.71. The number of nitrogens with zero attached hydrogens (tertiary/aromatic N) is 2. The number of aromatic nitrogens is 1. The highest BCUT2D eigenvalue weighted by Crippen LogP contribution is 2.43. The van der Waals surface area contributed by atoms with Gasteiger partial charge in [0.05, 0.1) is 25.2 Å². The number of amides is 2. The summed E-state index contributed by atoms with van der Waals surface area (Å²) >= 11 is 0. The highest BCUT2D eigenvalue weighted by atomic mass is 19.3. The Hall–Kier alpha value is -3.50. The Morgan fingerprint density at radius 1 is 1.16 bits per heavy atom. The summed E-state index contributed by atoms with van der Waals surface area (Å²) < 4.78 is 49.1. The fraction of sp³-hybridized carbons (Fsp3) is 0.625. The third kappa shape index (κ3) is 6.40. The first-order chi connectivity index (χ1) is 20.4. The van der Waals surface area contributed by atoms with Crippen LogP contribution in [0.5, 0.6) is 11.5 Å². The van der Waals surface area contributed by atoms with E-state index in [1.807, 2.05) is 27.7 Å². The van der Waals surface area contributed by atoms with Gasteiger partial charge in [0.15, 0.2) is 5.69 Å². The van der Waals surface area contributed by atoms with Crippen molar-refractivity contribution in [1.29, 1.82) is 0 Å². The second-order valence-electron chi connectivity index (χ2n) is 13.1. The van der Waals surface area contributed by atoms with Crippen LogP contribution in [0.25, 0.3) is 10.9 Å². The minimum Gasteiger partial charge on any atom is -0.497 e. The molecule has 3 heterocycles. The fourth-order valence-electron chi connectivity index (χ4n) is 6.36. The topological polar surface area (TPSA) is 107 Å². The van der Waals surface area contributed by atoms with Crippen LogP contribution in [0, 0.1) is 17.3 Å². The molecule has 1 aromatic heterocycles. The van der Waals surface area contributed by atoms with Crippen LogP contribution in [0.4, 0.5) is 13.6 Å². The quantitative estimate of drug-likeness (QED) is 0.455. The summed E-state index contributed by atoms with van der Waals surface area (Å²) in [4.78, 5) is 45.1. The van der Waals surface area contributed by atoms with Gasteiger partial charge in [0, 0.05) is 17.7 Å². The molecule has 234 valence electrons. The Labute approximate surface area is 250 Å². The molecule has 2 bridgehead atoms. The molecular weight excluding hydrogens is 560 g/mol. The third-order valence-electron chi connectivity index (χ3n) is 8.97. The molecule has 43 heavy (non-hydrogen) atoms. The van der Waals surface area contributed by atoms with Crippen molar-refractivity contribution >= 4 is 29.2 Å². The van der Waals surface area contributed by atoms with Crippen molar-refractivity contribution < 1.29 is 37.4 Å². The fourth-order valence-corrected chi connectivity index (χ4v) is 6.36. The van der Waals surface area contributed by atoms with Crippen molar-refractivity contribution in [3.8, 4) is 11.5 Å². The van der Waals surface area contributed by atoms with Crippen LogP contribution in [-0.4, -0.2) is 66.1 Å². The normalized spacial score (nSPS) is 29.7. The second kappa shape index (κ2) is 11.9. The van der Waals surface area contributed by atoms with E-state index in [-0.39, 0.29) is 30.7 Å². The van der Waals surface area contributed by atoms with Gasteiger partial charge in [0.1, 0.15) is 36.0 Å². The van der Waals surface area contributed by atoms with E-state index in [1.165, 1.54) is 12.0 Å². The van der Waals surface area contributed by atoms with Gasteiger partial charge in [-0.15, -0.1) is 0 Å². The van der Waals surface area contributed by atoms with Gasteiger partial charge in [-0.3, -0.25) is 4.79 Å². The summed E-state index contributed by atoms with van der Waals surface area (Å²) in [5.41, 5.74) is -0.779. The number of carbonyl (C=O) groups is 3. The molecule has 1 aliphatic carbocycles. The van der Waals surface area contributed by atoms with Crippen LogP contribution in [0.15, 0.2) is 24.3 Å². The summed E-state index contributed by atoms with van der Waals surface area (Å²) in [5, 5.41) is 3.32. The highest BCUT2D eigenvalue weighted by Gasteiger charge is 2.49. The van der Waals surface area contributed by atoms with Crippen molar-refractivity contribution in [3.63, 3.8) is 0 Å². The molecule has 5 rings (SSSR count). The summed E-state index contributed by atoms with van der Waals surface area (Å²) in [5.74, 6) is -3.64. The molecule has 11 heteroatoms. The molecular formula is C32H41F2N3O6. The molecule has 3 aliphatic rings. The lowest BCUT2D eigenvalue weighted by molar-refractivity contribution is -0.139. The second-order valence-corrected chi connectivity index (χ2v) is 13.1. The van der Waals surface area contributed by atoms with Crippen LogP contribution in [0.2, 0.25) is 0 Å². The number of alkyl halides is 2. The number of hydrogen-bond acceptors (Lipinski definition) is 7. The molecule has 2 aliphatic heterocycles. The molecule has 2 aromatic rings. The Morgan fingerprint density at radius 3 is 2.60 bits per heavy atom. The van der Waals surface area contributed by atoms with Gasteiger partial charge in [-0.05, 0) is 61.3 Å². The maximum absolute atomic E-state index is 15.9. The van der Waals surface area contributed by atoms with Gasteiger partial charge in [-0.2, -0.15) is 8.78 Å². The SMILES string of the molecule is CC[C@@H]1[C@@H]2CN(C(=O)[C@H](C(C)(C)C)NC(=O)O[C@@H]3C[C@H]3CCCCC(F)(F)c3nc4ccc(OC)cc4cc3O2)[C@@H]1C=O. The average Bonchev–Trinajstić information content (AvgIpc) is 3.59. The molecule has 1 aromatic carbocycles. The molecule has 2 amide bonds. The van der Waals surface area contributed by atoms with Gasteiger partial charge in [0.25, 0.3) is 5.92 Å². The Kier molecular flexibility index (Phi) is 8.55. The third-order valence-corrected chi connectivity index (χ3v) is 8.97. The predicted molar refractivity (Wildman–Crippen MR) is 155 cm³/mol. The van der Waals surface area contributed by atoms with Gasteiger partial charge < -0.3 is 29.2 Å². The van der Waals surface area contributed by atoms with E-state index in [2.05, 4.69) is 10.3 Å². The summed E-state index contributed by atoms with van der Waals surface area (Å²) in [6.07, 6.45) is 1.07. The molecule has 2 fully saturated rings. The zero-order chi connectivity index (χ0) is 31.1. The Morgan fingerprint density at radius 2 is 1.93 bits per heavy atom. The highest BCUT2D eigenvalue weighted by molar-refractivity contribution is 5.89. The van der Waals surface area contributed by atoms with Crippen LogP contribution in [-0.2, 0) is 20.2 Å². The number of halogens is 2. The number of aldehydes is 1. The largest absolute Gasteiger partial charge is 0.497 e. The molecule has 6 atom stereocenters. The number of carbonyl (C=O) groups excluding carboxylic acids is 3. The number of methoxy groups -OCH3 is 1. The van der Waals surface area contributed by atoms with Crippen LogP contribution >= 0.6 is 0 Å². The number of rotatable bonds is 3. The number of pyridine rings is 1. The van der Waals surface area contributed by atoms with Crippen molar-refractivity contribution in [2.45, 2.75) is 96.4 Å². The zero-order valence-electron chi connectivity index (χ0n) is 25.4. The first kappa shape index (κ1) is 30.9. The lowest BCUT2D eigenvalue weighted by Crippen LogP contribution is -2.56. The van der Waals surface area contributed by atoms with Crippen molar-refractivity contribution in [2.75, 3.05) is 13.7 Å². The first-order valence-corrected chi connectivity index (χ1v) is 15.1. The van der Waals surface area contributed by atoms with E-state index in [0.717, 1.165) is 0 Å². The zero-order valence-corrected chi connectivity index (χ0v) is 25.4. The van der Waals surface area contributed by atoms with E-state index >= 15 is 8.78 Å². The van der Waals surface area contributed by atoms with E-state index in [1.54, 1.807) is 24.3 Å². The number of ether oxygens (including phenoxy) is 3. The molecule has 0 unspecified atom stereocenters. The molecule has 1 saturated heterocycles. The van der Waals surface area contributed by atoms with Gasteiger partial charge >= 0.3 is 6.09 Å². The van der Waals surface area contributed by atoms with Crippen molar-refractivity contribution in [1.82, 2.24) is 15.2 Å². The average molecular weight is 602 g/mol. The number of alkyl carbamates (subject to hydrolysis) is 1. The number of fused-ring (bicyclic) bond motifs is 5. The maximum atomic E-state index is 15.9. The van der Waals surface area contributed by atoms with Gasteiger partial charge in [0.2, 0.25) is 5.91 Å².